The summed E-state index contributed by atoms with van der Waals surface area (Å²) in [6, 6.07) is 0.437. The molecule has 1 saturated heterocycles. The number of nitrogens with one attached hydrogen (secondary N) is 2. The van der Waals surface area contributed by atoms with Crippen LogP contribution in [-0.2, 0) is 4.79 Å². The van der Waals surface area contributed by atoms with Crippen molar-refractivity contribution in [3.8, 4) is 0 Å². The van der Waals surface area contributed by atoms with Crippen molar-refractivity contribution in [3.05, 3.63) is 0 Å². The van der Waals surface area contributed by atoms with E-state index in [0.29, 0.717) is 12.0 Å². The minimum absolute atomic E-state index is 0. The molecule has 0 spiro atoms. The third kappa shape index (κ3) is 3.85. The van der Waals surface area contributed by atoms with Crippen LogP contribution in [0.2, 0.25) is 0 Å². The second-order valence-corrected chi connectivity index (χ2v) is 5.68. The SMILES string of the molecule is CC1CCCC(NC(=O)C(C)C2CNC2)C1.Cl. The van der Waals surface area contributed by atoms with E-state index in [2.05, 4.69) is 24.5 Å². The zero-order chi connectivity index (χ0) is 11.5. The van der Waals surface area contributed by atoms with Crippen molar-refractivity contribution >= 4 is 18.3 Å². The maximum absolute atomic E-state index is 12.0. The van der Waals surface area contributed by atoms with Gasteiger partial charge < -0.3 is 10.6 Å². The van der Waals surface area contributed by atoms with Gasteiger partial charge in [0.15, 0.2) is 0 Å². The molecule has 1 aliphatic heterocycles. The molecule has 1 heterocycles. The quantitative estimate of drug-likeness (QED) is 0.815. The predicted molar refractivity (Wildman–Crippen MR) is 72.3 cm³/mol. The van der Waals surface area contributed by atoms with Crippen LogP contribution in [0, 0.1) is 17.8 Å². The lowest BCUT2D eigenvalue weighted by molar-refractivity contribution is -0.127. The summed E-state index contributed by atoms with van der Waals surface area (Å²) in [6.45, 7) is 6.37. The third-order valence-corrected chi connectivity index (χ3v) is 4.22. The van der Waals surface area contributed by atoms with Crippen LogP contribution in [0.5, 0.6) is 0 Å². The van der Waals surface area contributed by atoms with Crippen molar-refractivity contribution in [3.63, 3.8) is 0 Å². The first-order chi connectivity index (χ1) is 7.66. The first kappa shape index (κ1) is 14.8. The fourth-order valence-corrected chi connectivity index (χ4v) is 2.78. The van der Waals surface area contributed by atoms with Gasteiger partial charge in [0.05, 0.1) is 0 Å². The van der Waals surface area contributed by atoms with Crippen LogP contribution >= 0.6 is 12.4 Å². The van der Waals surface area contributed by atoms with Gasteiger partial charge in [0.1, 0.15) is 0 Å². The number of carbonyl (C=O) groups is 1. The topological polar surface area (TPSA) is 41.1 Å². The lowest BCUT2D eigenvalue weighted by Gasteiger charge is -2.34. The number of amides is 1. The molecule has 2 N–H and O–H groups in total. The molecule has 0 aromatic heterocycles. The molecule has 2 fully saturated rings. The first-order valence-electron chi connectivity index (χ1n) is 6.68. The van der Waals surface area contributed by atoms with Crippen LogP contribution in [0.1, 0.15) is 39.5 Å². The van der Waals surface area contributed by atoms with Crippen LogP contribution in [0.25, 0.3) is 0 Å². The van der Waals surface area contributed by atoms with Crippen LogP contribution in [-0.4, -0.2) is 25.0 Å². The molecule has 1 aliphatic carbocycles. The molecular formula is C13H25ClN2O. The summed E-state index contributed by atoms with van der Waals surface area (Å²) in [6.07, 6.45) is 4.94. The highest BCUT2D eigenvalue weighted by atomic mass is 35.5. The highest BCUT2D eigenvalue weighted by molar-refractivity contribution is 5.85. The van der Waals surface area contributed by atoms with Gasteiger partial charge in [-0.3, -0.25) is 4.79 Å². The lowest BCUT2D eigenvalue weighted by Crippen LogP contribution is -2.51. The van der Waals surface area contributed by atoms with Gasteiger partial charge >= 0.3 is 0 Å². The average Bonchev–Trinajstić information content (AvgIpc) is 2.14. The summed E-state index contributed by atoms with van der Waals surface area (Å²) < 4.78 is 0. The molecule has 0 aromatic rings. The summed E-state index contributed by atoms with van der Waals surface area (Å²) in [5.41, 5.74) is 0. The van der Waals surface area contributed by atoms with Gasteiger partial charge in [-0.1, -0.05) is 26.7 Å². The second-order valence-electron chi connectivity index (χ2n) is 5.68. The highest BCUT2D eigenvalue weighted by Crippen LogP contribution is 2.24. The van der Waals surface area contributed by atoms with Gasteiger partial charge in [-0.2, -0.15) is 0 Å². The average molecular weight is 261 g/mol. The Bertz CT molecular complexity index is 256. The zero-order valence-corrected chi connectivity index (χ0v) is 11.7. The first-order valence-corrected chi connectivity index (χ1v) is 6.68. The summed E-state index contributed by atoms with van der Waals surface area (Å²) >= 11 is 0. The van der Waals surface area contributed by atoms with E-state index in [-0.39, 0.29) is 24.2 Å². The molecular weight excluding hydrogens is 236 g/mol. The summed E-state index contributed by atoms with van der Waals surface area (Å²) in [5, 5.41) is 6.46. The number of carbonyl (C=O) groups excluding carboxylic acids is 1. The van der Waals surface area contributed by atoms with Crippen molar-refractivity contribution in [2.45, 2.75) is 45.6 Å². The normalized spacial score (nSPS) is 30.9. The van der Waals surface area contributed by atoms with E-state index in [1.54, 1.807) is 0 Å². The van der Waals surface area contributed by atoms with E-state index < -0.39 is 0 Å². The molecule has 100 valence electrons. The summed E-state index contributed by atoms with van der Waals surface area (Å²) in [5.74, 6) is 1.78. The zero-order valence-electron chi connectivity index (χ0n) is 10.9. The van der Waals surface area contributed by atoms with E-state index >= 15 is 0 Å². The Hall–Kier alpha value is -0.280. The van der Waals surface area contributed by atoms with Crippen LogP contribution in [0.4, 0.5) is 0 Å². The van der Waals surface area contributed by atoms with Gasteiger partial charge in [-0.05, 0) is 37.8 Å². The van der Waals surface area contributed by atoms with Crippen LogP contribution in [0.3, 0.4) is 0 Å². The molecule has 0 radical (unpaired) electrons. The fraction of sp³-hybridized carbons (Fsp3) is 0.923. The molecule has 2 rings (SSSR count). The number of hydrogen-bond acceptors (Lipinski definition) is 2. The minimum Gasteiger partial charge on any atom is -0.353 e. The van der Waals surface area contributed by atoms with Crippen molar-refractivity contribution < 1.29 is 4.79 Å². The fourth-order valence-electron chi connectivity index (χ4n) is 2.78. The Morgan fingerprint density at radius 1 is 1.35 bits per heavy atom. The second kappa shape index (κ2) is 6.60. The molecule has 3 nitrogen and oxygen atoms in total. The van der Waals surface area contributed by atoms with Gasteiger partial charge in [-0.25, -0.2) is 0 Å². The van der Waals surface area contributed by atoms with Crippen molar-refractivity contribution in [1.82, 2.24) is 10.6 Å². The standard InChI is InChI=1S/C13H24N2O.ClH/c1-9-4-3-5-12(6-9)15-13(16)10(2)11-7-14-8-11;/h9-12,14H,3-8H2,1-2H3,(H,15,16);1H. The number of rotatable bonds is 3. The molecule has 4 heteroatoms. The molecule has 17 heavy (non-hydrogen) atoms. The molecule has 1 saturated carbocycles. The molecule has 0 aromatic carbocycles. The number of hydrogen-bond donors (Lipinski definition) is 2. The van der Waals surface area contributed by atoms with Crippen molar-refractivity contribution in [1.29, 1.82) is 0 Å². The Balaban J connectivity index is 0.00000144. The van der Waals surface area contributed by atoms with E-state index in [9.17, 15) is 4.79 Å². The molecule has 1 amide bonds. The van der Waals surface area contributed by atoms with Crippen molar-refractivity contribution in [2.24, 2.45) is 17.8 Å². The van der Waals surface area contributed by atoms with Gasteiger partial charge in [0.2, 0.25) is 5.91 Å². The predicted octanol–water partition coefficient (Wildman–Crippen LogP) is 1.96. The molecule has 0 bridgehead atoms. The summed E-state index contributed by atoms with van der Waals surface area (Å²) in [4.78, 5) is 12.0. The maximum Gasteiger partial charge on any atom is 0.223 e. The Kier molecular flexibility index (Phi) is 5.74. The lowest BCUT2D eigenvalue weighted by atomic mass is 9.85. The van der Waals surface area contributed by atoms with Crippen LogP contribution in [0.15, 0.2) is 0 Å². The van der Waals surface area contributed by atoms with E-state index in [0.717, 1.165) is 19.0 Å². The number of halogens is 1. The van der Waals surface area contributed by atoms with E-state index in [1.807, 2.05) is 0 Å². The van der Waals surface area contributed by atoms with Gasteiger partial charge in [0.25, 0.3) is 0 Å². The van der Waals surface area contributed by atoms with Gasteiger partial charge in [0, 0.05) is 12.0 Å². The molecule has 3 atom stereocenters. The Morgan fingerprint density at radius 2 is 2.06 bits per heavy atom. The summed E-state index contributed by atoms with van der Waals surface area (Å²) in [7, 11) is 0. The smallest absolute Gasteiger partial charge is 0.223 e. The molecule has 3 unspecified atom stereocenters. The van der Waals surface area contributed by atoms with E-state index in [4.69, 9.17) is 0 Å². The largest absolute Gasteiger partial charge is 0.353 e. The monoisotopic (exact) mass is 260 g/mol. The molecule has 2 aliphatic rings. The third-order valence-electron chi connectivity index (χ3n) is 4.22. The minimum atomic E-state index is 0. The van der Waals surface area contributed by atoms with E-state index in [1.165, 1.54) is 25.7 Å². The Morgan fingerprint density at radius 3 is 2.59 bits per heavy atom. The van der Waals surface area contributed by atoms with Gasteiger partial charge in [-0.15, -0.1) is 12.4 Å². The highest BCUT2D eigenvalue weighted by Gasteiger charge is 2.30. The maximum atomic E-state index is 12.0. The Labute approximate surface area is 111 Å². The van der Waals surface area contributed by atoms with Crippen LogP contribution < -0.4 is 10.6 Å². The van der Waals surface area contributed by atoms with Crippen molar-refractivity contribution in [2.75, 3.05) is 13.1 Å².